The number of piperidine rings is 1. The van der Waals surface area contributed by atoms with E-state index in [-0.39, 0.29) is 12.1 Å². The molecule has 1 aromatic carbocycles. The summed E-state index contributed by atoms with van der Waals surface area (Å²) < 4.78 is 0. The number of H-pyrrole nitrogens is 1. The highest BCUT2D eigenvalue weighted by molar-refractivity contribution is 5.93. The lowest BCUT2D eigenvalue weighted by Gasteiger charge is -2.34. The van der Waals surface area contributed by atoms with Crippen molar-refractivity contribution in [3.63, 3.8) is 0 Å². The Morgan fingerprint density at radius 2 is 1.95 bits per heavy atom. The number of aliphatic hydroxyl groups excluding tert-OH is 1. The fourth-order valence-corrected chi connectivity index (χ4v) is 6.47. The van der Waals surface area contributed by atoms with Crippen molar-refractivity contribution in [3.05, 3.63) is 52.9 Å². The number of carbonyl (C=O) groups excluding carboxylic acids is 1. The van der Waals surface area contributed by atoms with Crippen molar-refractivity contribution in [2.75, 3.05) is 19.6 Å². The Bertz CT molecular complexity index is 1310. The Morgan fingerprint density at radius 3 is 2.65 bits per heavy atom. The van der Waals surface area contributed by atoms with E-state index >= 15 is 0 Å². The van der Waals surface area contributed by atoms with Gasteiger partial charge in [-0.25, -0.2) is 5.01 Å². The number of amidine groups is 1. The van der Waals surface area contributed by atoms with E-state index in [4.69, 9.17) is 0 Å². The van der Waals surface area contributed by atoms with Crippen LogP contribution in [0.25, 0.3) is 16.5 Å². The highest BCUT2D eigenvalue weighted by atomic mass is 16.3. The molecule has 0 spiro atoms. The first-order valence-electron chi connectivity index (χ1n) is 13.7. The molecule has 1 unspecified atom stereocenters. The van der Waals surface area contributed by atoms with E-state index in [9.17, 15) is 9.90 Å². The zero-order valence-corrected chi connectivity index (χ0v) is 22.2. The van der Waals surface area contributed by atoms with Crippen LogP contribution in [0.4, 0.5) is 0 Å². The van der Waals surface area contributed by atoms with Crippen molar-refractivity contribution in [1.29, 1.82) is 0 Å². The largest absolute Gasteiger partial charge is 0.391 e. The van der Waals surface area contributed by atoms with E-state index in [1.165, 1.54) is 27.8 Å². The standard InChI is InChI=1S/C29H38N6O2/c1-16(2)25-22-14-20(19-8-11-34(12-9-19)29(37)27-24(36)7-10-30-27)5-6-23(22)32-26(25)21-13-17(3)28-31-18(4)33-35(28)15-21/h5-6,13-16,19,24,27-28,30,32,36H,7-12H2,1-4H3,(H,31,33)/t24-,27+,28?/m1/s1. The van der Waals surface area contributed by atoms with E-state index in [2.05, 4.69) is 72.0 Å². The number of nitrogens with zero attached hydrogens (tertiary/aromatic N) is 3. The van der Waals surface area contributed by atoms with Gasteiger partial charge >= 0.3 is 0 Å². The molecular formula is C29H38N6O2. The highest BCUT2D eigenvalue weighted by Crippen LogP contribution is 2.39. The van der Waals surface area contributed by atoms with Crippen LogP contribution in [-0.2, 0) is 4.79 Å². The van der Waals surface area contributed by atoms with Gasteiger partial charge in [0.1, 0.15) is 18.0 Å². The van der Waals surface area contributed by atoms with Gasteiger partial charge < -0.3 is 25.6 Å². The van der Waals surface area contributed by atoms with Crippen LogP contribution < -0.4 is 10.6 Å². The lowest BCUT2D eigenvalue weighted by molar-refractivity contribution is -0.136. The zero-order valence-electron chi connectivity index (χ0n) is 22.2. The molecule has 6 rings (SSSR count). The number of rotatable bonds is 4. The maximum Gasteiger partial charge on any atom is 0.242 e. The smallest absolute Gasteiger partial charge is 0.242 e. The molecule has 3 atom stereocenters. The summed E-state index contributed by atoms with van der Waals surface area (Å²) in [5.41, 5.74) is 7.41. The molecule has 1 amide bonds. The molecular weight excluding hydrogens is 464 g/mol. The van der Waals surface area contributed by atoms with Gasteiger partial charge in [-0.3, -0.25) is 4.79 Å². The second-order valence-corrected chi connectivity index (χ2v) is 11.3. The molecule has 4 aliphatic heterocycles. The van der Waals surface area contributed by atoms with E-state index in [1.807, 2.05) is 16.8 Å². The molecule has 37 heavy (non-hydrogen) atoms. The molecule has 2 saturated heterocycles. The quantitative estimate of drug-likeness (QED) is 0.513. The van der Waals surface area contributed by atoms with Crippen LogP contribution in [0.5, 0.6) is 0 Å². The number of hydrazone groups is 1. The molecule has 8 heteroatoms. The van der Waals surface area contributed by atoms with Gasteiger partial charge in [0.05, 0.1) is 11.8 Å². The number of aliphatic hydroxyl groups is 1. The van der Waals surface area contributed by atoms with Crippen molar-refractivity contribution in [3.8, 4) is 0 Å². The number of hydrogen-bond acceptors (Lipinski definition) is 6. The van der Waals surface area contributed by atoms with Crippen molar-refractivity contribution < 1.29 is 9.90 Å². The molecule has 5 heterocycles. The first-order chi connectivity index (χ1) is 17.8. The third kappa shape index (κ3) is 4.26. The van der Waals surface area contributed by atoms with E-state index in [1.54, 1.807) is 0 Å². The van der Waals surface area contributed by atoms with Crippen LogP contribution in [0.15, 0.2) is 41.1 Å². The normalized spacial score (nSPS) is 26.3. The number of likely N-dealkylation sites (tertiary alicyclic amines) is 1. The monoisotopic (exact) mass is 502 g/mol. The highest BCUT2D eigenvalue weighted by Gasteiger charge is 2.36. The SMILES string of the molecule is CC1=CC(c2[nH]c3ccc(C4CCN(C(=O)[C@H]5NCC[C@H]5O)CC4)cc3c2C(C)C)=CN2N=C(C)NC12. The lowest BCUT2D eigenvalue weighted by Crippen LogP contribution is -2.50. The third-order valence-electron chi connectivity index (χ3n) is 8.42. The molecule has 2 fully saturated rings. The minimum atomic E-state index is -0.564. The zero-order chi connectivity index (χ0) is 25.8. The summed E-state index contributed by atoms with van der Waals surface area (Å²) in [6.07, 6.45) is 6.49. The summed E-state index contributed by atoms with van der Waals surface area (Å²) >= 11 is 0. The van der Waals surface area contributed by atoms with Crippen molar-refractivity contribution in [2.45, 2.75) is 77.1 Å². The van der Waals surface area contributed by atoms with Crippen LogP contribution >= 0.6 is 0 Å². The second kappa shape index (κ2) is 9.33. The minimum absolute atomic E-state index is 0.0512. The van der Waals surface area contributed by atoms with Gasteiger partial charge in [-0.2, -0.15) is 5.10 Å². The van der Waals surface area contributed by atoms with Crippen LogP contribution in [0.2, 0.25) is 0 Å². The number of aromatic nitrogens is 1. The van der Waals surface area contributed by atoms with E-state index in [0.717, 1.165) is 42.9 Å². The average molecular weight is 503 g/mol. The number of amides is 1. The Hall–Kier alpha value is -3.10. The third-order valence-corrected chi connectivity index (χ3v) is 8.42. The van der Waals surface area contributed by atoms with Crippen molar-refractivity contribution >= 4 is 28.2 Å². The number of benzene rings is 1. The van der Waals surface area contributed by atoms with E-state index in [0.29, 0.717) is 24.8 Å². The molecule has 0 bridgehead atoms. The molecule has 196 valence electrons. The fourth-order valence-electron chi connectivity index (χ4n) is 6.47. The Balaban J connectivity index is 1.26. The number of hydrogen-bond donors (Lipinski definition) is 4. The fraction of sp³-hybridized carbons (Fsp3) is 0.517. The van der Waals surface area contributed by atoms with Gasteiger partial charge in [-0.1, -0.05) is 19.9 Å². The topological polar surface area (TPSA) is 96.0 Å². The van der Waals surface area contributed by atoms with Crippen LogP contribution in [0, 0.1) is 0 Å². The summed E-state index contributed by atoms with van der Waals surface area (Å²) in [6, 6.07) is 6.41. The molecule has 1 aromatic heterocycles. The lowest BCUT2D eigenvalue weighted by atomic mass is 9.87. The van der Waals surface area contributed by atoms with E-state index < -0.39 is 12.1 Å². The molecule has 4 N–H and O–H groups in total. The van der Waals surface area contributed by atoms with Crippen LogP contribution in [0.3, 0.4) is 0 Å². The van der Waals surface area contributed by atoms with Gasteiger partial charge in [-0.15, -0.1) is 0 Å². The van der Waals surface area contributed by atoms with Gasteiger partial charge in [0.25, 0.3) is 0 Å². The van der Waals surface area contributed by atoms with Crippen molar-refractivity contribution in [1.82, 2.24) is 25.5 Å². The predicted octanol–water partition coefficient (Wildman–Crippen LogP) is 3.59. The number of nitrogens with one attached hydrogen (secondary N) is 3. The average Bonchev–Trinajstić information content (AvgIpc) is 3.59. The van der Waals surface area contributed by atoms with Gasteiger partial charge in [0.15, 0.2) is 0 Å². The summed E-state index contributed by atoms with van der Waals surface area (Å²) in [4.78, 5) is 18.5. The summed E-state index contributed by atoms with van der Waals surface area (Å²) in [7, 11) is 0. The number of carbonyl (C=O) groups is 1. The molecule has 4 aliphatic rings. The van der Waals surface area contributed by atoms with Gasteiger partial charge in [0.2, 0.25) is 5.91 Å². The molecule has 0 saturated carbocycles. The molecule has 0 aliphatic carbocycles. The molecule has 2 aromatic rings. The first-order valence-corrected chi connectivity index (χ1v) is 13.7. The summed E-state index contributed by atoms with van der Waals surface area (Å²) in [5.74, 6) is 1.77. The number of aromatic amines is 1. The van der Waals surface area contributed by atoms with Crippen molar-refractivity contribution in [2.24, 2.45) is 5.10 Å². The van der Waals surface area contributed by atoms with Gasteiger partial charge in [0, 0.05) is 35.8 Å². The summed E-state index contributed by atoms with van der Waals surface area (Å²) in [6.45, 7) is 10.9. The molecule has 0 radical (unpaired) electrons. The Labute approximate surface area is 218 Å². The summed E-state index contributed by atoms with van der Waals surface area (Å²) in [5, 5.41) is 24.7. The number of allylic oxidation sites excluding steroid dienone is 2. The van der Waals surface area contributed by atoms with Crippen LogP contribution in [-0.4, -0.2) is 69.7 Å². The Kier molecular flexibility index (Phi) is 6.12. The maximum atomic E-state index is 12.9. The maximum absolute atomic E-state index is 12.9. The predicted molar refractivity (Wildman–Crippen MR) is 147 cm³/mol. The minimum Gasteiger partial charge on any atom is -0.391 e. The van der Waals surface area contributed by atoms with Gasteiger partial charge in [-0.05, 0) is 86.4 Å². The van der Waals surface area contributed by atoms with Crippen LogP contribution in [0.1, 0.15) is 75.6 Å². The number of fused-ring (bicyclic) bond motifs is 2. The molecule has 8 nitrogen and oxygen atoms in total. The Morgan fingerprint density at radius 1 is 1.16 bits per heavy atom. The second-order valence-electron chi connectivity index (χ2n) is 11.3. The first kappa shape index (κ1) is 24.2.